The van der Waals surface area contributed by atoms with Gasteiger partial charge in [0.1, 0.15) is 17.4 Å². The number of hydrogen-bond acceptors (Lipinski definition) is 4. The first-order valence-corrected chi connectivity index (χ1v) is 9.60. The molecule has 1 atom stereocenters. The second-order valence-electron chi connectivity index (χ2n) is 7.37. The minimum absolute atomic E-state index is 0.150. The van der Waals surface area contributed by atoms with E-state index in [2.05, 4.69) is 21.2 Å². The van der Waals surface area contributed by atoms with Crippen LogP contribution in [0, 0.1) is 0 Å². The highest BCUT2D eigenvalue weighted by atomic mass is 79.9. The zero-order chi connectivity index (χ0) is 19.3. The lowest BCUT2D eigenvalue weighted by atomic mass is 10.0. The molecule has 0 bridgehead atoms. The van der Waals surface area contributed by atoms with Crippen molar-refractivity contribution in [3.8, 4) is 5.75 Å². The maximum Gasteiger partial charge on any atom is 0.410 e. The van der Waals surface area contributed by atoms with Crippen molar-refractivity contribution in [2.75, 3.05) is 13.7 Å². The average molecular weight is 427 g/mol. The predicted octanol–water partition coefficient (Wildman–Crippen LogP) is 3.86. The molecular formula is C19H27BrN2O4. The van der Waals surface area contributed by atoms with Crippen LogP contribution in [0.25, 0.3) is 0 Å². The van der Waals surface area contributed by atoms with Gasteiger partial charge in [0, 0.05) is 13.1 Å². The fraction of sp³-hybridized carbons (Fsp3) is 0.579. The molecule has 0 aromatic heterocycles. The van der Waals surface area contributed by atoms with Crippen LogP contribution in [0.4, 0.5) is 4.79 Å². The van der Waals surface area contributed by atoms with Crippen molar-refractivity contribution in [3.63, 3.8) is 0 Å². The molecule has 26 heavy (non-hydrogen) atoms. The van der Waals surface area contributed by atoms with Crippen LogP contribution in [0.15, 0.2) is 22.7 Å². The molecule has 0 aliphatic carbocycles. The Morgan fingerprint density at radius 2 is 2.04 bits per heavy atom. The van der Waals surface area contributed by atoms with Crippen molar-refractivity contribution in [1.82, 2.24) is 10.2 Å². The van der Waals surface area contributed by atoms with E-state index in [1.165, 1.54) is 0 Å². The topological polar surface area (TPSA) is 67.9 Å². The third kappa shape index (κ3) is 5.62. The maximum atomic E-state index is 12.7. The Bertz CT molecular complexity index is 657. The number of hydrogen-bond donors (Lipinski definition) is 1. The van der Waals surface area contributed by atoms with E-state index >= 15 is 0 Å². The number of carbonyl (C=O) groups excluding carboxylic acids is 2. The summed E-state index contributed by atoms with van der Waals surface area (Å²) in [6.45, 7) is 6.41. The lowest BCUT2D eigenvalue weighted by Gasteiger charge is -2.35. The quantitative estimate of drug-likeness (QED) is 0.793. The number of likely N-dealkylation sites (tertiary alicyclic amines) is 1. The molecule has 1 aromatic carbocycles. The molecule has 1 fully saturated rings. The molecule has 1 N–H and O–H groups in total. The number of nitrogens with zero attached hydrogens (tertiary/aromatic N) is 1. The Kier molecular flexibility index (Phi) is 6.92. The number of ether oxygens (including phenoxy) is 2. The number of halogens is 1. The van der Waals surface area contributed by atoms with Crippen molar-refractivity contribution in [2.45, 2.75) is 58.2 Å². The van der Waals surface area contributed by atoms with Crippen LogP contribution < -0.4 is 10.1 Å². The van der Waals surface area contributed by atoms with Gasteiger partial charge >= 0.3 is 6.09 Å². The highest BCUT2D eigenvalue weighted by molar-refractivity contribution is 9.10. The Hall–Kier alpha value is -1.76. The number of benzene rings is 1. The van der Waals surface area contributed by atoms with Gasteiger partial charge in [0.25, 0.3) is 0 Å². The summed E-state index contributed by atoms with van der Waals surface area (Å²) in [6.07, 6.45) is 2.03. The molecule has 1 aliphatic rings. The highest BCUT2D eigenvalue weighted by Gasteiger charge is 2.34. The van der Waals surface area contributed by atoms with Gasteiger partial charge in [0.2, 0.25) is 5.91 Å². The second kappa shape index (κ2) is 8.75. The molecule has 2 rings (SSSR count). The van der Waals surface area contributed by atoms with Crippen LogP contribution in [-0.4, -0.2) is 42.2 Å². The zero-order valence-electron chi connectivity index (χ0n) is 15.8. The Morgan fingerprint density at radius 3 is 2.65 bits per heavy atom. The number of piperidine rings is 1. The molecule has 2 amide bonds. The lowest BCUT2D eigenvalue weighted by Crippen LogP contribution is -2.52. The van der Waals surface area contributed by atoms with Gasteiger partial charge in [0.05, 0.1) is 11.6 Å². The zero-order valence-corrected chi connectivity index (χ0v) is 17.4. The molecule has 1 saturated heterocycles. The van der Waals surface area contributed by atoms with E-state index < -0.39 is 17.7 Å². The third-order valence-corrected chi connectivity index (χ3v) is 4.74. The fourth-order valence-corrected chi connectivity index (χ4v) is 3.46. The van der Waals surface area contributed by atoms with Crippen molar-refractivity contribution >= 4 is 27.9 Å². The van der Waals surface area contributed by atoms with Crippen LogP contribution in [0.1, 0.15) is 45.6 Å². The summed E-state index contributed by atoms with van der Waals surface area (Å²) in [4.78, 5) is 26.6. The number of methoxy groups -OCH3 is 1. The van der Waals surface area contributed by atoms with Crippen molar-refractivity contribution in [2.24, 2.45) is 0 Å². The molecular weight excluding hydrogens is 400 g/mol. The van der Waals surface area contributed by atoms with E-state index in [0.717, 1.165) is 28.6 Å². The van der Waals surface area contributed by atoms with Crippen molar-refractivity contribution < 1.29 is 19.1 Å². The van der Waals surface area contributed by atoms with Crippen LogP contribution >= 0.6 is 15.9 Å². The largest absolute Gasteiger partial charge is 0.496 e. The van der Waals surface area contributed by atoms with Crippen molar-refractivity contribution in [1.29, 1.82) is 0 Å². The number of carbonyl (C=O) groups is 2. The summed E-state index contributed by atoms with van der Waals surface area (Å²) >= 11 is 3.44. The molecule has 6 nitrogen and oxygen atoms in total. The molecule has 0 radical (unpaired) electrons. The van der Waals surface area contributed by atoms with Gasteiger partial charge in [-0.3, -0.25) is 9.69 Å². The van der Waals surface area contributed by atoms with Gasteiger partial charge in [-0.05, 0) is 73.7 Å². The SMILES string of the molecule is COc1ccc(CNC(=O)[C@H]2CCCCN2C(=O)OC(C)(C)C)cc1Br. The maximum absolute atomic E-state index is 12.7. The predicted molar refractivity (Wildman–Crippen MR) is 103 cm³/mol. The van der Waals surface area contributed by atoms with Crippen LogP contribution in [0.5, 0.6) is 5.75 Å². The van der Waals surface area contributed by atoms with E-state index in [9.17, 15) is 9.59 Å². The summed E-state index contributed by atoms with van der Waals surface area (Å²) in [7, 11) is 1.61. The first-order chi connectivity index (χ1) is 12.2. The van der Waals surface area contributed by atoms with Crippen LogP contribution in [0.2, 0.25) is 0 Å². The van der Waals surface area contributed by atoms with Crippen molar-refractivity contribution in [3.05, 3.63) is 28.2 Å². The van der Waals surface area contributed by atoms with E-state index in [1.54, 1.807) is 12.0 Å². The monoisotopic (exact) mass is 426 g/mol. The van der Waals surface area contributed by atoms with E-state index in [0.29, 0.717) is 19.5 Å². The first-order valence-electron chi connectivity index (χ1n) is 8.81. The smallest absolute Gasteiger partial charge is 0.410 e. The number of nitrogens with one attached hydrogen (secondary N) is 1. The minimum atomic E-state index is -0.578. The fourth-order valence-electron chi connectivity index (χ4n) is 2.87. The molecule has 0 spiro atoms. The molecule has 0 unspecified atom stereocenters. The average Bonchev–Trinajstić information content (AvgIpc) is 2.58. The van der Waals surface area contributed by atoms with Gasteiger partial charge in [0.15, 0.2) is 0 Å². The summed E-state index contributed by atoms with van der Waals surface area (Å²) in [5.41, 5.74) is 0.371. The molecule has 144 valence electrons. The summed E-state index contributed by atoms with van der Waals surface area (Å²) in [5, 5.41) is 2.93. The van der Waals surface area contributed by atoms with Gasteiger partial charge in [-0.25, -0.2) is 4.79 Å². The summed E-state index contributed by atoms with van der Waals surface area (Å²) < 4.78 is 11.5. The molecule has 1 heterocycles. The first kappa shape index (κ1) is 20.6. The van der Waals surface area contributed by atoms with E-state index in [-0.39, 0.29) is 5.91 Å². The van der Waals surface area contributed by atoms with Gasteiger partial charge in [-0.15, -0.1) is 0 Å². The Labute approximate surface area is 163 Å². The number of rotatable bonds is 4. The molecule has 1 aromatic rings. The van der Waals surface area contributed by atoms with E-state index in [1.807, 2.05) is 39.0 Å². The lowest BCUT2D eigenvalue weighted by molar-refractivity contribution is -0.127. The second-order valence-corrected chi connectivity index (χ2v) is 8.23. The Balaban J connectivity index is 1.99. The van der Waals surface area contributed by atoms with Gasteiger partial charge < -0.3 is 14.8 Å². The van der Waals surface area contributed by atoms with Gasteiger partial charge in [-0.2, -0.15) is 0 Å². The highest BCUT2D eigenvalue weighted by Crippen LogP contribution is 2.25. The van der Waals surface area contributed by atoms with Crippen LogP contribution in [0.3, 0.4) is 0 Å². The Morgan fingerprint density at radius 1 is 1.31 bits per heavy atom. The normalized spacial score (nSPS) is 17.6. The minimum Gasteiger partial charge on any atom is -0.496 e. The summed E-state index contributed by atoms with van der Waals surface area (Å²) in [6, 6.07) is 5.17. The molecule has 1 aliphatic heterocycles. The van der Waals surface area contributed by atoms with Crippen LogP contribution in [-0.2, 0) is 16.1 Å². The van der Waals surface area contributed by atoms with E-state index in [4.69, 9.17) is 9.47 Å². The summed E-state index contributed by atoms with van der Waals surface area (Å²) in [5.74, 6) is 0.589. The molecule has 0 saturated carbocycles. The third-order valence-electron chi connectivity index (χ3n) is 4.12. The molecule has 7 heteroatoms. The van der Waals surface area contributed by atoms with Gasteiger partial charge in [-0.1, -0.05) is 6.07 Å². The standard InChI is InChI=1S/C19H27BrN2O4/c1-19(2,3)26-18(24)22-10-6-5-7-15(22)17(23)21-12-13-8-9-16(25-4)14(20)11-13/h8-9,11,15H,5-7,10,12H2,1-4H3,(H,21,23)/t15-/m1/s1. The number of amides is 2.